The number of halogens is 2. The average molecular weight is 291 g/mol. The van der Waals surface area contributed by atoms with E-state index >= 15 is 0 Å². The Kier molecular flexibility index (Phi) is 5.29. The Hall–Kier alpha value is -0.930. The Morgan fingerprint density at radius 3 is 2.28 bits per heavy atom. The van der Waals surface area contributed by atoms with E-state index in [1.807, 2.05) is 6.92 Å². The standard InChI is InChI=1S/C13H16Cl2O3/c1-3-4-5-6-8(16)9-7(2)10(14)13(18)11(15)12(9)17/h17-18H,3-6H2,1-2H3. The van der Waals surface area contributed by atoms with Crippen LogP contribution in [0, 0.1) is 6.92 Å². The van der Waals surface area contributed by atoms with Crippen LogP contribution >= 0.6 is 23.2 Å². The average Bonchev–Trinajstić information content (AvgIpc) is 2.34. The van der Waals surface area contributed by atoms with Gasteiger partial charge in [-0.2, -0.15) is 0 Å². The zero-order chi connectivity index (χ0) is 13.9. The Labute approximate surface area is 116 Å². The quantitative estimate of drug-likeness (QED) is 0.621. The highest BCUT2D eigenvalue weighted by molar-refractivity contribution is 6.39. The largest absolute Gasteiger partial charge is 0.505 e. The van der Waals surface area contributed by atoms with Crippen LogP contribution in [0.25, 0.3) is 0 Å². The molecule has 3 nitrogen and oxygen atoms in total. The number of benzene rings is 1. The molecule has 0 atom stereocenters. The van der Waals surface area contributed by atoms with E-state index in [0.29, 0.717) is 12.0 Å². The molecule has 0 aromatic heterocycles. The molecule has 0 aliphatic carbocycles. The first kappa shape index (κ1) is 15.1. The Morgan fingerprint density at radius 2 is 1.72 bits per heavy atom. The lowest BCUT2D eigenvalue weighted by molar-refractivity contribution is 0.0976. The maximum atomic E-state index is 12.0. The summed E-state index contributed by atoms with van der Waals surface area (Å²) in [6, 6.07) is 0. The van der Waals surface area contributed by atoms with Crippen LogP contribution in [0.5, 0.6) is 11.5 Å². The summed E-state index contributed by atoms with van der Waals surface area (Å²) in [4.78, 5) is 12.0. The highest BCUT2D eigenvalue weighted by Crippen LogP contribution is 2.44. The summed E-state index contributed by atoms with van der Waals surface area (Å²) in [7, 11) is 0. The molecule has 1 aromatic rings. The molecule has 0 bridgehead atoms. The predicted octanol–water partition coefficient (Wildman–Crippen LogP) is 4.48. The Balaban J connectivity index is 3.13. The predicted molar refractivity (Wildman–Crippen MR) is 73.0 cm³/mol. The van der Waals surface area contributed by atoms with Crippen molar-refractivity contribution in [3.63, 3.8) is 0 Å². The third kappa shape index (κ3) is 2.90. The molecule has 0 aliphatic heterocycles. The number of aromatic hydroxyl groups is 2. The van der Waals surface area contributed by atoms with Gasteiger partial charge in [-0.05, 0) is 18.9 Å². The second-order valence-corrected chi connectivity index (χ2v) is 4.96. The molecule has 2 N–H and O–H groups in total. The van der Waals surface area contributed by atoms with Gasteiger partial charge in [-0.15, -0.1) is 0 Å². The molecule has 5 heteroatoms. The molecule has 1 aromatic carbocycles. The molecule has 18 heavy (non-hydrogen) atoms. The first-order valence-corrected chi connectivity index (χ1v) is 6.60. The molecular weight excluding hydrogens is 275 g/mol. The first-order chi connectivity index (χ1) is 8.41. The topological polar surface area (TPSA) is 57.5 Å². The number of hydrogen-bond donors (Lipinski definition) is 2. The second-order valence-electron chi connectivity index (χ2n) is 4.21. The highest BCUT2D eigenvalue weighted by atomic mass is 35.5. The molecule has 0 heterocycles. The van der Waals surface area contributed by atoms with Gasteiger partial charge in [0.15, 0.2) is 11.5 Å². The molecule has 0 saturated heterocycles. The fourth-order valence-electron chi connectivity index (χ4n) is 1.78. The van der Waals surface area contributed by atoms with E-state index in [1.54, 1.807) is 6.92 Å². The van der Waals surface area contributed by atoms with Gasteiger partial charge in [0, 0.05) is 6.42 Å². The zero-order valence-electron chi connectivity index (χ0n) is 10.4. The van der Waals surface area contributed by atoms with Crippen molar-refractivity contribution in [2.45, 2.75) is 39.5 Å². The minimum Gasteiger partial charge on any atom is -0.505 e. The normalized spacial score (nSPS) is 10.7. The van der Waals surface area contributed by atoms with Gasteiger partial charge in [0.05, 0.1) is 10.6 Å². The van der Waals surface area contributed by atoms with E-state index in [0.717, 1.165) is 19.3 Å². The van der Waals surface area contributed by atoms with Gasteiger partial charge in [0.2, 0.25) is 0 Å². The molecule has 1 rings (SSSR count). The van der Waals surface area contributed by atoms with Gasteiger partial charge in [-0.1, -0.05) is 43.0 Å². The monoisotopic (exact) mass is 290 g/mol. The zero-order valence-corrected chi connectivity index (χ0v) is 11.9. The summed E-state index contributed by atoms with van der Waals surface area (Å²) in [6.45, 7) is 3.62. The first-order valence-electron chi connectivity index (χ1n) is 5.84. The van der Waals surface area contributed by atoms with E-state index < -0.39 is 11.5 Å². The Morgan fingerprint density at radius 1 is 1.11 bits per heavy atom. The van der Waals surface area contributed by atoms with Crippen molar-refractivity contribution in [1.29, 1.82) is 0 Å². The van der Waals surface area contributed by atoms with Crippen molar-refractivity contribution in [2.24, 2.45) is 0 Å². The molecule has 0 amide bonds. The molecule has 0 saturated carbocycles. The van der Waals surface area contributed by atoms with Gasteiger partial charge >= 0.3 is 0 Å². The van der Waals surface area contributed by atoms with Crippen molar-refractivity contribution in [3.8, 4) is 11.5 Å². The minimum absolute atomic E-state index is 0.0108. The number of unbranched alkanes of at least 4 members (excludes halogenated alkanes) is 2. The van der Waals surface area contributed by atoms with Crippen molar-refractivity contribution in [3.05, 3.63) is 21.2 Å². The lowest BCUT2D eigenvalue weighted by Gasteiger charge is -2.12. The highest BCUT2D eigenvalue weighted by Gasteiger charge is 2.23. The number of phenols is 2. The maximum absolute atomic E-state index is 12.0. The summed E-state index contributed by atoms with van der Waals surface area (Å²) in [5.41, 5.74) is 0.469. The number of Topliss-reactive ketones (excluding diaryl/α,β-unsaturated/α-hetero) is 1. The van der Waals surface area contributed by atoms with Gasteiger partial charge in [0.25, 0.3) is 0 Å². The molecule has 0 spiro atoms. The minimum atomic E-state index is -0.391. The van der Waals surface area contributed by atoms with E-state index in [2.05, 4.69) is 0 Å². The second kappa shape index (κ2) is 6.30. The summed E-state index contributed by atoms with van der Waals surface area (Å²) in [5.74, 6) is -0.988. The van der Waals surface area contributed by atoms with Crippen molar-refractivity contribution in [1.82, 2.24) is 0 Å². The van der Waals surface area contributed by atoms with E-state index in [1.165, 1.54) is 0 Å². The maximum Gasteiger partial charge on any atom is 0.166 e. The van der Waals surface area contributed by atoms with Crippen LogP contribution in [-0.2, 0) is 0 Å². The SMILES string of the molecule is CCCCCC(=O)c1c(C)c(Cl)c(O)c(Cl)c1O. The van der Waals surface area contributed by atoms with Crippen LogP contribution < -0.4 is 0 Å². The van der Waals surface area contributed by atoms with Gasteiger partial charge in [-0.25, -0.2) is 0 Å². The smallest absolute Gasteiger partial charge is 0.166 e. The number of phenolic OH excluding ortho intramolecular Hbond substituents is 2. The van der Waals surface area contributed by atoms with Gasteiger partial charge < -0.3 is 10.2 Å². The van der Waals surface area contributed by atoms with Gasteiger partial charge in [0.1, 0.15) is 10.8 Å². The third-order valence-corrected chi connectivity index (χ3v) is 3.67. The number of carbonyl (C=O) groups excluding carboxylic acids is 1. The summed E-state index contributed by atoms with van der Waals surface area (Å²) in [5, 5.41) is 19.1. The van der Waals surface area contributed by atoms with Crippen LogP contribution in [0.15, 0.2) is 0 Å². The fourth-order valence-corrected chi connectivity index (χ4v) is 2.21. The van der Waals surface area contributed by atoms with E-state index in [-0.39, 0.29) is 21.4 Å². The lowest BCUT2D eigenvalue weighted by atomic mass is 9.99. The lowest BCUT2D eigenvalue weighted by Crippen LogP contribution is -2.03. The molecule has 0 radical (unpaired) electrons. The number of carbonyl (C=O) groups is 1. The number of rotatable bonds is 5. The van der Waals surface area contributed by atoms with Crippen LogP contribution in [0.3, 0.4) is 0 Å². The molecule has 100 valence electrons. The molecule has 0 unspecified atom stereocenters. The third-order valence-electron chi connectivity index (χ3n) is 2.85. The van der Waals surface area contributed by atoms with Crippen LogP contribution in [0.1, 0.15) is 48.5 Å². The number of ketones is 1. The van der Waals surface area contributed by atoms with Gasteiger partial charge in [-0.3, -0.25) is 4.79 Å². The van der Waals surface area contributed by atoms with Crippen LogP contribution in [-0.4, -0.2) is 16.0 Å². The van der Waals surface area contributed by atoms with Crippen LogP contribution in [0.2, 0.25) is 10.0 Å². The summed E-state index contributed by atoms with van der Waals surface area (Å²) >= 11 is 11.6. The van der Waals surface area contributed by atoms with E-state index in [9.17, 15) is 15.0 Å². The van der Waals surface area contributed by atoms with Crippen molar-refractivity contribution < 1.29 is 15.0 Å². The Bertz CT molecular complexity index is 441. The summed E-state index contributed by atoms with van der Waals surface area (Å²) in [6.07, 6.45) is 3.05. The van der Waals surface area contributed by atoms with Crippen molar-refractivity contribution >= 4 is 29.0 Å². The van der Waals surface area contributed by atoms with E-state index in [4.69, 9.17) is 23.2 Å². The molecular formula is C13H16Cl2O3. The molecule has 0 aliphatic rings. The number of hydrogen-bond acceptors (Lipinski definition) is 3. The fraction of sp³-hybridized carbons (Fsp3) is 0.462. The molecule has 0 fully saturated rings. The summed E-state index contributed by atoms with van der Waals surface area (Å²) < 4.78 is 0. The van der Waals surface area contributed by atoms with Crippen molar-refractivity contribution in [2.75, 3.05) is 0 Å². The van der Waals surface area contributed by atoms with Crippen LogP contribution in [0.4, 0.5) is 0 Å².